The molecule has 3 heterocycles. The first-order chi connectivity index (χ1) is 15.1. The van der Waals surface area contributed by atoms with Gasteiger partial charge in [-0.2, -0.15) is 10.2 Å². The van der Waals surface area contributed by atoms with Crippen LogP contribution >= 0.6 is 11.8 Å². The number of amides is 1. The number of carbonyl (C=O) groups excluding carboxylic acids is 1. The third-order valence-corrected chi connectivity index (χ3v) is 8.66. The minimum atomic E-state index is -0.287. The van der Waals surface area contributed by atoms with E-state index in [0.29, 0.717) is 30.2 Å². The Bertz CT molecular complexity index is 1010. The van der Waals surface area contributed by atoms with E-state index in [-0.39, 0.29) is 23.0 Å². The van der Waals surface area contributed by atoms with Gasteiger partial charge in [-0.05, 0) is 62.5 Å². The van der Waals surface area contributed by atoms with Crippen LogP contribution in [0.2, 0.25) is 0 Å². The van der Waals surface area contributed by atoms with Crippen LogP contribution in [0.3, 0.4) is 0 Å². The number of fused-ring (bicyclic) bond motifs is 1. The molecule has 0 radical (unpaired) electrons. The van der Waals surface area contributed by atoms with Crippen molar-refractivity contribution in [3.8, 4) is 6.07 Å². The zero-order valence-corrected chi connectivity index (χ0v) is 18.3. The standard InChI is InChI=1S/C22H27N7OS/c23-10-17-12-31-14-28(17)19(30)11-24-21-6-15-5-16(7-21)9-22(8-15,13-21)26-20-25-18-3-1-2-4-29(18)27-20/h1-4,15-17,24H,5-9,11-14H2,(H,26,27)/t15?,16?,17-,21?,22?/m1/s1. The van der Waals surface area contributed by atoms with Gasteiger partial charge in [0.15, 0.2) is 5.65 Å². The highest BCUT2D eigenvalue weighted by Crippen LogP contribution is 2.58. The number of nitrogens with zero attached hydrogens (tertiary/aromatic N) is 5. The van der Waals surface area contributed by atoms with E-state index in [4.69, 9.17) is 0 Å². The summed E-state index contributed by atoms with van der Waals surface area (Å²) >= 11 is 1.66. The van der Waals surface area contributed by atoms with E-state index in [1.54, 1.807) is 16.7 Å². The number of carbonyl (C=O) groups is 1. The van der Waals surface area contributed by atoms with Crippen molar-refractivity contribution in [3.05, 3.63) is 24.4 Å². The Labute approximate surface area is 185 Å². The van der Waals surface area contributed by atoms with Gasteiger partial charge in [-0.15, -0.1) is 16.9 Å². The quantitative estimate of drug-likeness (QED) is 0.740. The molecule has 9 heteroatoms. The third-order valence-electron chi connectivity index (χ3n) is 7.65. The van der Waals surface area contributed by atoms with Crippen LogP contribution in [0.4, 0.5) is 5.95 Å². The number of nitrogens with one attached hydrogen (secondary N) is 2. The van der Waals surface area contributed by atoms with Crippen molar-refractivity contribution >= 4 is 29.3 Å². The molecule has 2 aromatic rings. The highest BCUT2D eigenvalue weighted by atomic mass is 32.2. The van der Waals surface area contributed by atoms with Crippen LogP contribution in [-0.4, -0.2) is 60.7 Å². The van der Waals surface area contributed by atoms with E-state index in [0.717, 1.165) is 43.5 Å². The van der Waals surface area contributed by atoms with Crippen LogP contribution in [0.5, 0.6) is 0 Å². The van der Waals surface area contributed by atoms with Gasteiger partial charge in [0.1, 0.15) is 6.04 Å². The van der Waals surface area contributed by atoms with Crippen molar-refractivity contribution in [1.29, 1.82) is 5.26 Å². The Morgan fingerprint density at radius 2 is 2.06 bits per heavy atom. The SMILES string of the molecule is N#C[C@@H]1CSCN1C(=O)CNC12CC3CC(C1)CC(Nc1nc4ccccn4n1)(C3)C2. The number of hydrogen-bond acceptors (Lipinski definition) is 7. The first-order valence-corrected chi connectivity index (χ1v) is 12.3. The van der Waals surface area contributed by atoms with Crippen LogP contribution in [0.15, 0.2) is 24.4 Å². The number of nitriles is 1. The highest BCUT2D eigenvalue weighted by molar-refractivity contribution is 7.99. The molecule has 7 rings (SSSR count). The molecular formula is C22H27N7OS. The highest BCUT2D eigenvalue weighted by Gasteiger charge is 2.58. The Balaban J connectivity index is 1.19. The second kappa shape index (κ2) is 7.10. The van der Waals surface area contributed by atoms with Gasteiger partial charge in [-0.3, -0.25) is 4.79 Å². The minimum Gasteiger partial charge on any atom is -0.347 e. The molecule has 4 bridgehead atoms. The molecule has 0 spiro atoms. The fourth-order valence-electron chi connectivity index (χ4n) is 6.90. The molecule has 0 aromatic carbocycles. The number of aromatic nitrogens is 3. The van der Waals surface area contributed by atoms with Gasteiger partial charge in [-0.1, -0.05) is 6.07 Å². The molecular weight excluding hydrogens is 410 g/mol. The summed E-state index contributed by atoms with van der Waals surface area (Å²) < 4.78 is 1.81. The van der Waals surface area contributed by atoms with Gasteiger partial charge in [0.25, 0.3) is 0 Å². The topological polar surface area (TPSA) is 98.3 Å². The van der Waals surface area contributed by atoms with E-state index in [1.807, 2.05) is 28.9 Å². The van der Waals surface area contributed by atoms with E-state index in [9.17, 15) is 10.1 Å². The van der Waals surface area contributed by atoms with Crippen LogP contribution in [0.1, 0.15) is 38.5 Å². The smallest absolute Gasteiger partial charge is 0.243 e. The third kappa shape index (κ3) is 3.37. The van der Waals surface area contributed by atoms with Crippen molar-refractivity contribution in [3.63, 3.8) is 0 Å². The lowest BCUT2D eigenvalue weighted by atomic mass is 9.50. The summed E-state index contributed by atoms with van der Waals surface area (Å²) in [6.07, 6.45) is 8.77. The molecule has 2 unspecified atom stereocenters. The normalized spacial score (nSPS) is 36.1. The van der Waals surface area contributed by atoms with Gasteiger partial charge in [0.05, 0.1) is 18.5 Å². The number of rotatable bonds is 5. The van der Waals surface area contributed by atoms with Crippen molar-refractivity contribution < 1.29 is 4.79 Å². The van der Waals surface area contributed by atoms with Gasteiger partial charge >= 0.3 is 0 Å². The van der Waals surface area contributed by atoms with E-state index in [2.05, 4.69) is 26.8 Å². The monoisotopic (exact) mass is 437 g/mol. The fourth-order valence-corrected chi connectivity index (χ4v) is 8.00. The average Bonchev–Trinajstić information content (AvgIpc) is 3.36. The largest absolute Gasteiger partial charge is 0.347 e. The predicted octanol–water partition coefficient (Wildman–Crippen LogP) is 2.25. The molecule has 2 aromatic heterocycles. The Morgan fingerprint density at radius 3 is 2.84 bits per heavy atom. The predicted molar refractivity (Wildman–Crippen MR) is 118 cm³/mol. The molecule has 162 valence electrons. The Hall–Kier alpha value is -2.31. The van der Waals surface area contributed by atoms with E-state index >= 15 is 0 Å². The molecule has 1 aliphatic heterocycles. The molecule has 2 N–H and O–H groups in total. The van der Waals surface area contributed by atoms with Crippen LogP contribution in [0, 0.1) is 23.2 Å². The molecule has 3 atom stereocenters. The Kier molecular flexibility index (Phi) is 4.44. The van der Waals surface area contributed by atoms with Crippen LogP contribution in [-0.2, 0) is 4.79 Å². The lowest BCUT2D eigenvalue weighted by Crippen LogP contribution is -2.67. The van der Waals surface area contributed by atoms with Crippen molar-refractivity contribution in [2.45, 2.75) is 55.6 Å². The molecule has 4 saturated carbocycles. The summed E-state index contributed by atoms with van der Waals surface area (Å²) in [6.45, 7) is 0.320. The molecule has 1 saturated heterocycles. The summed E-state index contributed by atoms with van der Waals surface area (Å²) in [5.41, 5.74) is 0.827. The van der Waals surface area contributed by atoms with Gasteiger partial charge in [0, 0.05) is 23.0 Å². The van der Waals surface area contributed by atoms with Crippen LogP contribution in [0.25, 0.3) is 5.65 Å². The van der Waals surface area contributed by atoms with E-state index in [1.165, 1.54) is 6.42 Å². The lowest BCUT2D eigenvalue weighted by Gasteiger charge is -2.62. The van der Waals surface area contributed by atoms with Crippen molar-refractivity contribution in [2.75, 3.05) is 23.5 Å². The van der Waals surface area contributed by atoms with Gasteiger partial charge in [0.2, 0.25) is 11.9 Å². The summed E-state index contributed by atoms with van der Waals surface area (Å²) in [4.78, 5) is 19.2. The van der Waals surface area contributed by atoms with Crippen LogP contribution < -0.4 is 10.6 Å². The maximum Gasteiger partial charge on any atom is 0.243 e. The molecule has 4 aliphatic carbocycles. The summed E-state index contributed by atoms with van der Waals surface area (Å²) in [6, 6.07) is 7.88. The van der Waals surface area contributed by atoms with E-state index < -0.39 is 0 Å². The summed E-state index contributed by atoms with van der Waals surface area (Å²) in [7, 11) is 0. The zero-order valence-electron chi connectivity index (χ0n) is 17.5. The van der Waals surface area contributed by atoms with Crippen molar-refractivity contribution in [1.82, 2.24) is 24.8 Å². The second-order valence-electron chi connectivity index (χ2n) is 9.95. The molecule has 8 nitrogen and oxygen atoms in total. The fraction of sp³-hybridized carbons (Fsp3) is 0.636. The second-order valence-corrected chi connectivity index (χ2v) is 10.9. The molecule has 31 heavy (non-hydrogen) atoms. The maximum atomic E-state index is 12.8. The summed E-state index contributed by atoms with van der Waals surface area (Å²) in [5.74, 6) is 3.44. The number of anilines is 1. The van der Waals surface area contributed by atoms with Gasteiger partial charge in [-0.25, -0.2) is 4.52 Å². The maximum absolute atomic E-state index is 12.8. The molecule has 5 aliphatic rings. The van der Waals surface area contributed by atoms with Gasteiger partial charge < -0.3 is 15.5 Å². The minimum absolute atomic E-state index is 0.0102. The lowest BCUT2D eigenvalue weighted by molar-refractivity contribution is -0.131. The molecule has 5 fully saturated rings. The number of hydrogen-bond donors (Lipinski definition) is 2. The Morgan fingerprint density at radius 1 is 1.26 bits per heavy atom. The summed E-state index contributed by atoms with van der Waals surface area (Å²) in [5, 5.41) is 21.4. The van der Waals surface area contributed by atoms with Crippen molar-refractivity contribution in [2.24, 2.45) is 11.8 Å². The first-order valence-electron chi connectivity index (χ1n) is 11.2. The first kappa shape index (κ1) is 19.4. The number of pyridine rings is 1. The number of thioether (sulfide) groups is 1. The zero-order chi connectivity index (χ0) is 21.1. The molecule has 1 amide bonds. The average molecular weight is 438 g/mol.